The number of amides is 1. The van der Waals surface area contributed by atoms with E-state index in [1.54, 1.807) is 17.0 Å². The molecule has 0 aliphatic carbocycles. The molecular formula is C22H30F2N4O. The second-order valence-electron chi connectivity index (χ2n) is 8.95. The molecule has 1 aliphatic heterocycles. The van der Waals surface area contributed by atoms with Crippen LogP contribution < -0.4 is 5.73 Å². The Labute approximate surface area is 170 Å². The molecule has 2 aromatic rings. The van der Waals surface area contributed by atoms with Gasteiger partial charge in [-0.1, -0.05) is 13.8 Å². The van der Waals surface area contributed by atoms with Crippen molar-refractivity contribution in [3.8, 4) is 11.3 Å². The van der Waals surface area contributed by atoms with Crippen molar-refractivity contribution in [1.29, 1.82) is 0 Å². The van der Waals surface area contributed by atoms with Gasteiger partial charge in [-0.15, -0.1) is 0 Å². The van der Waals surface area contributed by atoms with Gasteiger partial charge in [-0.3, -0.25) is 4.79 Å². The number of alkyl halides is 1. The number of nitrogens with zero attached hydrogens (tertiary/aromatic N) is 3. The highest BCUT2D eigenvalue weighted by atomic mass is 19.1. The minimum absolute atomic E-state index is 0.00914. The van der Waals surface area contributed by atoms with E-state index in [1.807, 2.05) is 13.8 Å². The summed E-state index contributed by atoms with van der Waals surface area (Å²) in [7, 11) is 0. The number of benzene rings is 1. The molecule has 1 amide bonds. The topological polar surface area (TPSA) is 64.2 Å². The summed E-state index contributed by atoms with van der Waals surface area (Å²) in [4.78, 5) is 19.0. The van der Waals surface area contributed by atoms with Crippen LogP contribution in [-0.4, -0.2) is 33.4 Å². The fourth-order valence-corrected chi connectivity index (χ4v) is 4.23. The third-order valence-corrected chi connectivity index (χ3v) is 5.68. The Morgan fingerprint density at radius 3 is 2.52 bits per heavy atom. The molecule has 0 saturated carbocycles. The van der Waals surface area contributed by atoms with Crippen molar-refractivity contribution in [1.82, 2.24) is 14.5 Å². The van der Waals surface area contributed by atoms with Crippen molar-refractivity contribution in [3.05, 3.63) is 41.1 Å². The highest BCUT2D eigenvalue weighted by Crippen LogP contribution is 2.39. The number of halogens is 2. The van der Waals surface area contributed by atoms with Gasteiger partial charge >= 0.3 is 0 Å². The molecule has 0 atom stereocenters. The first-order valence-electron chi connectivity index (χ1n) is 10.00. The second kappa shape index (κ2) is 7.20. The Kier molecular flexibility index (Phi) is 5.32. The van der Waals surface area contributed by atoms with E-state index in [4.69, 9.17) is 10.7 Å². The third kappa shape index (κ3) is 3.56. The van der Waals surface area contributed by atoms with Crippen molar-refractivity contribution < 1.29 is 13.6 Å². The number of hydrogen-bond acceptors (Lipinski definition) is 3. The molecule has 7 heteroatoms. The molecule has 1 aromatic heterocycles. The molecule has 5 nitrogen and oxygen atoms in total. The predicted molar refractivity (Wildman–Crippen MR) is 110 cm³/mol. The standard InChI is InChI=1S/C22H30F2N4O/c1-13(2)19-18(14-7-8-16(23)15(11-14)21(3,4)24)26-20-22(5,6)28(17(29)12-25)10-9-27(19)20/h7-8,11,13H,9-10,12,25H2,1-6H3. The maximum atomic E-state index is 14.5. The van der Waals surface area contributed by atoms with Gasteiger partial charge in [0, 0.05) is 29.9 Å². The van der Waals surface area contributed by atoms with Gasteiger partial charge in [0.25, 0.3) is 0 Å². The molecule has 2 N–H and O–H groups in total. The maximum Gasteiger partial charge on any atom is 0.237 e. The molecule has 2 heterocycles. The van der Waals surface area contributed by atoms with Crippen LogP contribution in [0.1, 0.15) is 64.5 Å². The van der Waals surface area contributed by atoms with Gasteiger partial charge in [0.05, 0.1) is 17.8 Å². The monoisotopic (exact) mass is 404 g/mol. The van der Waals surface area contributed by atoms with E-state index in [0.29, 0.717) is 24.3 Å². The van der Waals surface area contributed by atoms with Gasteiger partial charge in [0.2, 0.25) is 5.91 Å². The lowest BCUT2D eigenvalue weighted by Crippen LogP contribution is -2.53. The average Bonchev–Trinajstić information content (AvgIpc) is 3.01. The van der Waals surface area contributed by atoms with Crippen LogP contribution in [0.3, 0.4) is 0 Å². The van der Waals surface area contributed by atoms with Crippen LogP contribution in [-0.2, 0) is 22.5 Å². The lowest BCUT2D eigenvalue weighted by Gasteiger charge is -2.42. The quantitative estimate of drug-likeness (QED) is 0.836. The van der Waals surface area contributed by atoms with E-state index < -0.39 is 17.0 Å². The van der Waals surface area contributed by atoms with Crippen LogP contribution in [0.15, 0.2) is 18.2 Å². The van der Waals surface area contributed by atoms with Crippen molar-refractivity contribution in [2.75, 3.05) is 13.1 Å². The smallest absolute Gasteiger partial charge is 0.237 e. The fraction of sp³-hybridized carbons (Fsp3) is 0.545. The average molecular weight is 405 g/mol. The molecular weight excluding hydrogens is 374 g/mol. The zero-order valence-corrected chi connectivity index (χ0v) is 18.0. The maximum absolute atomic E-state index is 14.5. The molecule has 0 fully saturated rings. The Balaban J connectivity index is 2.22. The summed E-state index contributed by atoms with van der Waals surface area (Å²) >= 11 is 0. The first-order valence-corrected chi connectivity index (χ1v) is 10.00. The van der Waals surface area contributed by atoms with Crippen LogP contribution >= 0.6 is 0 Å². The molecule has 3 rings (SSSR count). The van der Waals surface area contributed by atoms with Crippen LogP contribution in [0, 0.1) is 5.82 Å². The highest BCUT2D eigenvalue weighted by molar-refractivity contribution is 5.79. The summed E-state index contributed by atoms with van der Waals surface area (Å²) in [6, 6.07) is 4.48. The Hall–Kier alpha value is -2.28. The molecule has 0 bridgehead atoms. The summed E-state index contributed by atoms with van der Waals surface area (Å²) in [5.74, 6) is 0.205. The van der Waals surface area contributed by atoms with Crippen LogP contribution in [0.4, 0.5) is 8.78 Å². The Bertz CT molecular complexity index is 941. The Morgan fingerprint density at radius 1 is 1.31 bits per heavy atom. The molecule has 0 radical (unpaired) electrons. The van der Waals surface area contributed by atoms with Gasteiger partial charge in [-0.05, 0) is 51.8 Å². The van der Waals surface area contributed by atoms with Crippen molar-refractivity contribution in [3.63, 3.8) is 0 Å². The lowest BCUT2D eigenvalue weighted by atomic mass is 9.95. The van der Waals surface area contributed by atoms with Crippen LogP contribution in [0.25, 0.3) is 11.3 Å². The molecule has 158 valence electrons. The fourth-order valence-electron chi connectivity index (χ4n) is 4.23. The number of rotatable bonds is 4. The van der Waals surface area contributed by atoms with Crippen LogP contribution in [0.2, 0.25) is 0 Å². The molecule has 1 aromatic carbocycles. The lowest BCUT2D eigenvalue weighted by molar-refractivity contribution is -0.137. The number of fused-ring (bicyclic) bond motifs is 1. The number of hydrogen-bond donors (Lipinski definition) is 1. The van der Waals surface area contributed by atoms with E-state index in [2.05, 4.69) is 18.4 Å². The SMILES string of the molecule is CC(C)c1c(-c2ccc(F)c(C(C)(C)F)c2)nc2n1CCN(C(=O)CN)C2(C)C. The van der Waals surface area contributed by atoms with Gasteiger partial charge in [-0.25, -0.2) is 13.8 Å². The molecule has 29 heavy (non-hydrogen) atoms. The molecule has 0 spiro atoms. The van der Waals surface area contributed by atoms with Crippen LogP contribution in [0.5, 0.6) is 0 Å². The van der Waals surface area contributed by atoms with E-state index in [0.717, 1.165) is 11.5 Å². The summed E-state index contributed by atoms with van der Waals surface area (Å²) < 4.78 is 30.9. The van der Waals surface area contributed by atoms with E-state index in [-0.39, 0.29) is 23.9 Å². The first-order chi connectivity index (χ1) is 13.4. The molecule has 0 unspecified atom stereocenters. The summed E-state index contributed by atoms with van der Waals surface area (Å²) in [5, 5.41) is 0. The van der Waals surface area contributed by atoms with E-state index in [9.17, 15) is 13.6 Å². The zero-order valence-electron chi connectivity index (χ0n) is 18.0. The van der Waals surface area contributed by atoms with E-state index in [1.165, 1.54) is 19.9 Å². The third-order valence-electron chi connectivity index (χ3n) is 5.68. The number of carbonyl (C=O) groups is 1. The van der Waals surface area contributed by atoms with Crippen molar-refractivity contribution >= 4 is 5.91 Å². The van der Waals surface area contributed by atoms with Gasteiger partial charge in [0.1, 0.15) is 17.3 Å². The number of carbonyl (C=O) groups excluding carboxylic acids is 1. The summed E-state index contributed by atoms with van der Waals surface area (Å²) in [6.07, 6.45) is 0. The Morgan fingerprint density at radius 2 is 1.97 bits per heavy atom. The summed E-state index contributed by atoms with van der Waals surface area (Å²) in [5.41, 5.74) is 5.54. The number of imidazole rings is 1. The predicted octanol–water partition coefficient (Wildman–Crippen LogP) is 4.05. The van der Waals surface area contributed by atoms with Crippen molar-refractivity contribution in [2.24, 2.45) is 5.73 Å². The van der Waals surface area contributed by atoms with Gasteiger partial charge in [0.15, 0.2) is 0 Å². The number of aromatic nitrogens is 2. The zero-order chi connectivity index (χ0) is 21.7. The molecule has 0 saturated heterocycles. The molecule has 1 aliphatic rings. The number of nitrogens with two attached hydrogens (primary N) is 1. The van der Waals surface area contributed by atoms with E-state index >= 15 is 0 Å². The largest absolute Gasteiger partial charge is 0.327 e. The second-order valence-corrected chi connectivity index (χ2v) is 8.95. The first kappa shape index (κ1) is 21.4. The van der Waals surface area contributed by atoms with Gasteiger partial charge in [-0.2, -0.15) is 0 Å². The highest BCUT2D eigenvalue weighted by Gasteiger charge is 2.41. The van der Waals surface area contributed by atoms with Gasteiger partial charge < -0.3 is 15.2 Å². The normalized spacial score (nSPS) is 16.3. The van der Waals surface area contributed by atoms with Crippen molar-refractivity contribution in [2.45, 2.75) is 65.2 Å². The minimum Gasteiger partial charge on any atom is -0.327 e. The summed E-state index contributed by atoms with van der Waals surface area (Å²) in [6.45, 7) is 11.8. The minimum atomic E-state index is -1.80.